The predicted octanol–water partition coefficient (Wildman–Crippen LogP) is 2.39. The second kappa shape index (κ2) is 6.86. The molecule has 2 aromatic rings. The summed E-state index contributed by atoms with van der Waals surface area (Å²) in [7, 11) is 0. The van der Waals surface area contributed by atoms with E-state index in [1.54, 1.807) is 24.3 Å². The smallest absolute Gasteiger partial charge is 0.287 e. The van der Waals surface area contributed by atoms with Gasteiger partial charge in [0.25, 0.3) is 5.91 Å². The lowest BCUT2D eigenvalue weighted by molar-refractivity contribution is -0.129. The normalized spacial score (nSPS) is 15.4. The van der Waals surface area contributed by atoms with Gasteiger partial charge in [-0.05, 0) is 42.7 Å². The van der Waals surface area contributed by atoms with Crippen LogP contribution in [-0.2, 0) is 10.2 Å². The van der Waals surface area contributed by atoms with Crippen LogP contribution in [0.15, 0.2) is 47.1 Å². The Balaban J connectivity index is 1.53. The summed E-state index contributed by atoms with van der Waals surface area (Å²) >= 11 is 0. The van der Waals surface area contributed by atoms with Crippen molar-refractivity contribution in [3.05, 3.63) is 59.8 Å². The minimum atomic E-state index is -0.646. The average molecular weight is 330 g/mol. The summed E-state index contributed by atoms with van der Waals surface area (Å²) < 4.78 is 18.5. The van der Waals surface area contributed by atoms with E-state index < -0.39 is 5.41 Å². The highest BCUT2D eigenvalue weighted by Crippen LogP contribution is 2.44. The van der Waals surface area contributed by atoms with Crippen molar-refractivity contribution >= 4 is 11.8 Å². The van der Waals surface area contributed by atoms with Gasteiger partial charge >= 0.3 is 0 Å². The van der Waals surface area contributed by atoms with E-state index in [4.69, 9.17) is 4.42 Å². The number of carbonyl (C=O) groups excluding carboxylic acids is 2. The molecule has 126 valence electrons. The molecule has 3 rings (SSSR count). The first-order chi connectivity index (χ1) is 11.6. The van der Waals surface area contributed by atoms with Gasteiger partial charge < -0.3 is 15.1 Å². The van der Waals surface area contributed by atoms with E-state index >= 15 is 0 Å². The first kappa shape index (κ1) is 16.2. The molecule has 0 radical (unpaired) electrons. The number of furan rings is 1. The Morgan fingerprint density at radius 2 is 1.92 bits per heavy atom. The van der Waals surface area contributed by atoms with E-state index in [0.29, 0.717) is 31.5 Å². The lowest BCUT2D eigenvalue weighted by Crippen LogP contribution is -2.50. The molecule has 0 unspecified atom stereocenters. The lowest BCUT2D eigenvalue weighted by atomic mass is 9.64. The Morgan fingerprint density at radius 1 is 1.12 bits per heavy atom. The summed E-state index contributed by atoms with van der Waals surface area (Å²) in [5.74, 6) is -0.543. The van der Waals surface area contributed by atoms with Crippen molar-refractivity contribution in [1.82, 2.24) is 10.6 Å². The maximum absolute atomic E-state index is 13.5. The molecule has 1 saturated carbocycles. The molecule has 1 aliphatic rings. The number of halogens is 1. The van der Waals surface area contributed by atoms with Gasteiger partial charge in [-0.15, -0.1) is 0 Å². The molecular weight excluding hydrogens is 311 g/mol. The molecule has 1 fully saturated rings. The monoisotopic (exact) mass is 330 g/mol. The summed E-state index contributed by atoms with van der Waals surface area (Å²) in [6.45, 7) is 0.604. The quantitative estimate of drug-likeness (QED) is 0.799. The van der Waals surface area contributed by atoms with Crippen molar-refractivity contribution in [2.45, 2.75) is 24.7 Å². The molecule has 24 heavy (non-hydrogen) atoms. The molecule has 6 heteroatoms. The maximum atomic E-state index is 13.5. The summed E-state index contributed by atoms with van der Waals surface area (Å²) in [4.78, 5) is 24.3. The third kappa shape index (κ3) is 3.18. The highest BCUT2D eigenvalue weighted by molar-refractivity contribution is 5.91. The van der Waals surface area contributed by atoms with Crippen LogP contribution in [-0.4, -0.2) is 24.9 Å². The molecular formula is C18H19FN2O3. The molecule has 0 aliphatic heterocycles. The van der Waals surface area contributed by atoms with Crippen molar-refractivity contribution in [2.75, 3.05) is 13.1 Å². The minimum Gasteiger partial charge on any atom is -0.459 e. The average Bonchev–Trinajstić information content (AvgIpc) is 3.05. The van der Waals surface area contributed by atoms with Gasteiger partial charge in [0.15, 0.2) is 5.76 Å². The van der Waals surface area contributed by atoms with E-state index in [1.807, 2.05) is 0 Å². The summed E-state index contributed by atoms with van der Waals surface area (Å²) in [5.41, 5.74) is 0.0681. The van der Waals surface area contributed by atoms with Crippen LogP contribution >= 0.6 is 0 Å². The van der Waals surface area contributed by atoms with Crippen LogP contribution < -0.4 is 10.6 Å². The van der Waals surface area contributed by atoms with Gasteiger partial charge in [0.1, 0.15) is 5.82 Å². The molecule has 0 spiro atoms. The van der Waals surface area contributed by atoms with E-state index in [0.717, 1.165) is 6.42 Å². The fourth-order valence-corrected chi connectivity index (χ4v) is 2.98. The van der Waals surface area contributed by atoms with Gasteiger partial charge in [-0.2, -0.15) is 0 Å². The van der Waals surface area contributed by atoms with Crippen molar-refractivity contribution in [2.24, 2.45) is 0 Å². The Hall–Kier alpha value is -2.63. The number of rotatable bonds is 6. The first-order valence-electron chi connectivity index (χ1n) is 7.98. The van der Waals surface area contributed by atoms with Crippen molar-refractivity contribution in [1.29, 1.82) is 0 Å². The highest BCUT2D eigenvalue weighted by Gasteiger charge is 2.45. The van der Waals surface area contributed by atoms with Gasteiger partial charge in [0.05, 0.1) is 11.7 Å². The third-order valence-electron chi connectivity index (χ3n) is 4.46. The topological polar surface area (TPSA) is 71.3 Å². The van der Waals surface area contributed by atoms with E-state index in [2.05, 4.69) is 10.6 Å². The predicted molar refractivity (Wildman–Crippen MR) is 86.0 cm³/mol. The van der Waals surface area contributed by atoms with Crippen LogP contribution in [0, 0.1) is 5.82 Å². The Kier molecular flexibility index (Phi) is 4.64. The number of nitrogens with one attached hydrogen (secondary N) is 2. The molecule has 1 heterocycles. The van der Waals surface area contributed by atoms with Crippen molar-refractivity contribution in [3.8, 4) is 0 Å². The molecule has 2 amide bonds. The fourth-order valence-electron chi connectivity index (χ4n) is 2.98. The summed E-state index contributed by atoms with van der Waals surface area (Å²) in [6.07, 6.45) is 3.79. The number of carbonyl (C=O) groups is 2. The summed E-state index contributed by atoms with van der Waals surface area (Å²) in [6, 6.07) is 9.43. The molecule has 1 aromatic heterocycles. The standard InChI is InChI=1S/C18H19FN2O3/c19-14-5-1-4-13(12-14)18(7-3-8-18)17(23)21-10-9-20-16(22)15-6-2-11-24-15/h1-2,4-6,11-12H,3,7-10H2,(H,20,22)(H,21,23). The number of hydrogen-bond acceptors (Lipinski definition) is 3. The maximum Gasteiger partial charge on any atom is 0.287 e. The molecule has 1 aliphatic carbocycles. The van der Waals surface area contributed by atoms with Gasteiger partial charge in [-0.3, -0.25) is 9.59 Å². The van der Waals surface area contributed by atoms with E-state index in [-0.39, 0.29) is 23.4 Å². The molecule has 2 N–H and O–H groups in total. The van der Waals surface area contributed by atoms with Gasteiger partial charge in [0.2, 0.25) is 5.91 Å². The fraction of sp³-hybridized carbons (Fsp3) is 0.333. The van der Waals surface area contributed by atoms with Crippen LogP contribution in [0.5, 0.6) is 0 Å². The molecule has 0 saturated heterocycles. The van der Waals surface area contributed by atoms with Crippen LogP contribution in [0.4, 0.5) is 4.39 Å². The molecule has 0 atom stereocenters. The van der Waals surface area contributed by atoms with Crippen molar-refractivity contribution < 1.29 is 18.4 Å². The largest absolute Gasteiger partial charge is 0.459 e. The third-order valence-corrected chi connectivity index (χ3v) is 4.46. The minimum absolute atomic E-state index is 0.119. The van der Waals surface area contributed by atoms with Crippen LogP contribution in [0.1, 0.15) is 35.4 Å². The van der Waals surface area contributed by atoms with Crippen LogP contribution in [0.25, 0.3) is 0 Å². The van der Waals surface area contributed by atoms with Gasteiger partial charge in [-0.1, -0.05) is 18.6 Å². The van der Waals surface area contributed by atoms with E-state index in [9.17, 15) is 14.0 Å². The van der Waals surface area contributed by atoms with Gasteiger partial charge in [-0.25, -0.2) is 4.39 Å². The number of amides is 2. The zero-order chi connectivity index (χ0) is 17.0. The van der Waals surface area contributed by atoms with Crippen LogP contribution in [0.2, 0.25) is 0 Å². The molecule has 0 bridgehead atoms. The van der Waals surface area contributed by atoms with Crippen molar-refractivity contribution in [3.63, 3.8) is 0 Å². The second-order valence-electron chi connectivity index (χ2n) is 5.94. The number of benzene rings is 1. The highest BCUT2D eigenvalue weighted by atomic mass is 19.1. The molecule has 1 aromatic carbocycles. The Morgan fingerprint density at radius 3 is 2.54 bits per heavy atom. The number of hydrogen-bond donors (Lipinski definition) is 2. The first-order valence-corrected chi connectivity index (χ1v) is 7.98. The lowest BCUT2D eigenvalue weighted by Gasteiger charge is -2.40. The van der Waals surface area contributed by atoms with E-state index in [1.165, 1.54) is 18.4 Å². The zero-order valence-electron chi connectivity index (χ0n) is 13.2. The van der Waals surface area contributed by atoms with Gasteiger partial charge in [0, 0.05) is 13.1 Å². The molecule has 5 nitrogen and oxygen atoms in total. The Bertz CT molecular complexity index is 724. The van der Waals surface area contributed by atoms with Crippen LogP contribution in [0.3, 0.4) is 0 Å². The SMILES string of the molecule is O=C(NCCNC(=O)C1(c2cccc(F)c2)CCC1)c1ccco1. The Labute approximate surface area is 139 Å². The summed E-state index contributed by atoms with van der Waals surface area (Å²) in [5, 5.41) is 5.51. The zero-order valence-corrected chi connectivity index (χ0v) is 13.2. The second-order valence-corrected chi connectivity index (χ2v) is 5.94.